The molecule has 0 bridgehead atoms. The number of nitrogens with one attached hydrogen (secondary N) is 2. The van der Waals surface area contributed by atoms with Crippen LogP contribution in [-0.4, -0.2) is 37.2 Å². The van der Waals surface area contributed by atoms with Gasteiger partial charge in [0.15, 0.2) is 0 Å². The van der Waals surface area contributed by atoms with E-state index in [0.29, 0.717) is 12.1 Å². The molecule has 2 N–H and O–H groups in total. The standard InChI is InChI=1S/C17H30N2O2.ClH/c20-17(16-12-13-6-1-4-9-15(13)19-16)18-10-5-11-21-14-7-2-3-8-14;/h13-16,19H,1-12H2,(H,18,20);1H. The lowest BCUT2D eigenvalue weighted by Crippen LogP contribution is -2.43. The summed E-state index contributed by atoms with van der Waals surface area (Å²) in [6.45, 7) is 1.54. The van der Waals surface area contributed by atoms with Crippen LogP contribution in [0.5, 0.6) is 0 Å². The Hall–Kier alpha value is -0.320. The maximum Gasteiger partial charge on any atom is 0.237 e. The number of amides is 1. The third kappa shape index (κ3) is 4.84. The molecule has 128 valence electrons. The van der Waals surface area contributed by atoms with Crippen LogP contribution in [0.2, 0.25) is 0 Å². The first-order valence-electron chi connectivity index (χ1n) is 8.98. The second kappa shape index (κ2) is 9.09. The molecule has 0 aromatic carbocycles. The average Bonchev–Trinajstić information content (AvgIpc) is 3.15. The van der Waals surface area contributed by atoms with Crippen LogP contribution in [0.25, 0.3) is 0 Å². The molecule has 2 aliphatic carbocycles. The lowest BCUT2D eigenvalue weighted by atomic mass is 9.85. The fourth-order valence-corrected chi connectivity index (χ4v) is 4.23. The number of fused-ring (bicyclic) bond motifs is 1. The second-order valence-corrected chi connectivity index (χ2v) is 7.03. The molecule has 1 aliphatic heterocycles. The van der Waals surface area contributed by atoms with Crippen LogP contribution in [0.15, 0.2) is 0 Å². The highest BCUT2D eigenvalue weighted by molar-refractivity contribution is 5.85. The van der Waals surface area contributed by atoms with Gasteiger partial charge in [0.2, 0.25) is 5.91 Å². The van der Waals surface area contributed by atoms with Crippen molar-refractivity contribution < 1.29 is 9.53 Å². The summed E-state index contributed by atoms with van der Waals surface area (Å²) in [6, 6.07) is 0.647. The van der Waals surface area contributed by atoms with Gasteiger partial charge in [-0.3, -0.25) is 4.79 Å². The second-order valence-electron chi connectivity index (χ2n) is 7.03. The fraction of sp³-hybridized carbons (Fsp3) is 0.941. The minimum atomic E-state index is 0. The van der Waals surface area contributed by atoms with E-state index >= 15 is 0 Å². The smallest absolute Gasteiger partial charge is 0.237 e. The van der Waals surface area contributed by atoms with Gasteiger partial charge in [-0.2, -0.15) is 0 Å². The average molecular weight is 331 g/mol. The van der Waals surface area contributed by atoms with E-state index in [2.05, 4.69) is 10.6 Å². The van der Waals surface area contributed by atoms with Gasteiger partial charge in [-0.25, -0.2) is 0 Å². The zero-order chi connectivity index (χ0) is 14.5. The summed E-state index contributed by atoms with van der Waals surface area (Å²) in [4.78, 5) is 12.2. The SMILES string of the molecule is Cl.O=C(NCCCOC1CCCC1)C1CC2CCCCC2N1. The van der Waals surface area contributed by atoms with Crippen molar-refractivity contribution in [2.24, 2.45) is 5.92 Å². The Balaban J connectivity index is 0.00000176. The number of ether oxygens (including phenoxy) is 1. The van der Waals surface area contributed by atoms with Gasteiger partial charge in [-0.15, -0.1) is 12.4 Å². The van der Waals surface area contributed by atoms with Crippen LogP contribution in [0.1, 0.15) is 64.2 Å². The molecule has 3 aliphatic rings. The number of hydrogen-bond acceptors (Lipinski definition) is 3. The lowest BCUT2D eigenvalue weighted by molar-refractivity contribution is -0.122. The minimum absolute atomic E-state index is 0. The molecular formula is C17H31ClN2O2. The van der Waals surface area contributed by atoms with Gasteiger partial charge in [0, 0.05) is 19.2 Å². The monoisotopic (exact) mass is 330 g/mol. The van der Waals surface area contributed by atoms with E-state index in [1.807, 2.05) is 0 Å². The van der Waals surface area contributed by atoms with Crippen molar-refractivity contribution in [2.45, 2.75) is 82.4 Å². The van der Waals surface area contributed by atoms with E-state index < -0.39 is 0 Å². The van der Waals surface area contributed by atoms with Gasteiger partial charge in [-0.05, 0) is 44.4 Å². The Kier molecular flexibility index (Phi) is 7.45. The molecular weight excluding hydrogens is 300 g/mol. The number of carbonyl (C=O) groups excluding carboxylic acids is 1. The molecule has 1 amide bonds. The van der Waals surface area contributed by atoms with Crippen molar-refractivity contribution in [3.8, 4) is 0 Å². The fourth-order valence-electron chi connectivity index (χ4n) is 4.23. The molecule has 0 aromatic heterocycles. The lowest BCUT2D eigenvalue weighted by Gasteiger charge is -2.24. The Bertz CT molecular complexity index is 334. The molecule has 4 nitrogen and oxygen atoms in total. The first-order valence-corrected chi connectivity index (χ1v) is 8.98. The largest absolute Gasteiger partial charge is 0.378 e. The molecule has 0 radical (unpaired) electrons. The Morgan fingerprint density at radius 2 is 1.82 bits per heavy atom. The molecule has 0 aromatic rings. The first-order chi connectivity index (χ1) is 10.3. The van der Waals surface area contributed by atoms with Gasteiger partial charge in [0.25, 0.3) is 0 Å². The van der Waals surface area contributed by atoms with Gasteiger partial charge >= 0.3 is 0 Å². The van der Waals surface area contributed by atoms with Crippen molar-refractivity contribution >= 4 is 18.3 Å². The highest BCUT2D eigenvalue weighted by Crippen LogP contribution is 2.33. The topological polar surface area (TPSA) is 50.4 Å². The van der Waals surface area contributed by atoms with E-state index in [4.69, 9.17) is 4.74 Å². The predicted octanol–water partition coefficient (Wildman–Crippen LogP) is 2.79. The van der Waals surface area contributed by atoms with Gasteiger partial charge < -0.3 is 15.4 Å². The molecule has 3 atom stereocenters. The zero-order valence-electron chi connectivity index (χ0n) is 13.5. The van der Waals surface area contributed by atoms with E-state index in [1.165, 1.54) is 51.4 Å². The zero-order valence-corrected chi connectivity index (χ0v) is 14.3. The van der Waals surface area contributed by atoms with Crippen LogP contribution < -0.4 is 10.6 Å². The summed E-state index contributed by atoms with van der Waals surface area (Å²) in [5, 5.41) is 6.61. The summed E-state index contributed by atoms with van der Waals surface area (Å²) in [5.74, 6) is 0.936. The van der Waals surface area contributed by atoms with Crippen LogP contribution in [0.3, 0.4) is 0 Å². The predicted molar refractivity (Wildman–Crippen MR) is 90.4 cm³/mol. The molecule has 5 heteroatoms. The van der Waals surface area contributed by atoms with Crippen molar-refractivity contribution in [3.05, 3.63) is 0 Å². The molecule has 3 fully saturated rings. The van der Waals surface area contributed by atoms with Gasteiger partial charge in [0.1, 0.15) is 0 Å². The summed E-state index contributed by atoms with van der Waals surface area (Å²) in [6.07, 6.45) is 12.8. The normalized spacial score (nSPS) is 31.5. The highest BCUT2D eigenvalue weighted by Gasteiger charge is 2.37. The van der Waals surface area contributed by atoms with E-state index in [9.17, 15) is 4.79 Å². The van der Waals surface area contributed by atoms with Crippen LogP contribution in [0, 0.1) is 5.92 Å². The number of rotatable bonds is 6. The Morgan fingerprint density at radius 3 is 2.59 bits per heavy atom. The summed E-state index contributed by atoms with van der Waals surface area (Å²) < 4.78 is 5.82. The molecule has 3 unspecified atom stereocenters. The molecule has 0 spiro atoms. The highest BCUT2D eigenvalue weighted by atomic mass is 35.5. The maximum absolute atomic E-state index is 12.2. The number of halogens is 1. The van der Waals surface area contributed by atoms with Crippen molar-refractivity contribution in [3.63, 3.8) is 0 Å². The van der Waals surface area contributed by atoms with Crippen molar-refractivity contribution in [2.75, 3.05) is 13.2 Å². The Labute approximate surface area is 140 Å². The quantitative estimate of drug-likeness (QED) is 0.736. The molecule has 22 heavy (non-hydrogen) atoms. The molecule has 1 heterocycles. The number of hydrogen-bond donors (Lipinski definition) is 2. The van der Waals surface area contributed by atoms with E-state index in [1.54, 1.807) is 0 Å². The third-order valence-corrected chi connectivity index (χ3v) is 5.46. The van der Waals surface area contributed by atoms with E-state index in [0.717, 1.165) is 31.9 Å². The maximum atomic E-state index is 12.2. The first kappa shape index (κ1) is 18.0. The van der Waals surface area contributed by atoms with Gasteiger partial charge in [0.05, 0.1) is 12.1 Å². The van der Waals surface area contributed by atoms with Crippen molar-refractivity contribution in [1.29, 1.82) is 0 Å². The molecule has 1 saturated heterocycles. The van der Waals surface area contributed by atoms with Crippen LogP contribution >= 0.6 is 12.4 Å². The van der Waals surface area contributed by atoms with Crippen LogP contribution in [-0.2, 0) is 9.53 Å². The summed E-state index contributed by atoms with van der Waals surface area (Å²) in [5.41, 5.74) is 0. The molecule has 3 rings (SSSR count). The van der Waals surface area contributed by atoms with Crippen LogP contribution in [0.4, 0.5) is 0 Å². The molecule has 2 saturated carbocycles. The summed E-state index contributed by atoms with van der Waals surface area (Å²) >= 11 is 0. The Morgan fingerprint density at radius 1 is 1.09 bits per heavy atom. The third-order valence-electron chi connectivity index (χ3n) is 5.46. The number of carbonyl (C=O) groups is 1. The minimum Gasteiger partial charge on any atom is -0.378 e. The van der Waals surface area contributed by atoms with E-state index in [-0.39, 0.29) is 24.4 Å². The summed E-state index contributed by atoms with van der Waals surface area (Å²) in [7, 11) is 0. The van der Waals surface area contributed by atoms with Crippen molar-refractivity contribution in [1.82, 2.24) is 10.6 Å². The van der Waals surface area contributed by atoms with Gasteiger partial charge in [-0.1, -0.05) is 25.7 Å².